The Kier molecular flexibility index (Phi) is 7.83. The molecule has 7 bridgehead atoms. The fourth-order valence-electron chi connectivity index (χ4n) is 12.0. The third kappa shape index (κ3) is 3.93. The molecule has 13 nitrogen and oxygen atoms in total. The van der Waals surface area contributed by atoms with Crippen LogP contribution >= 0.6 is 0 Å². The summed E-state index contributed by atoms with van der Waals surface area (Å²) in [7, 11) is 6.17. The molecule has 13 heteroatoms. The van der Waals surface area contributed by atoms with E-state index in [9.17, 15) is 24.6 Å². The summed E-state index contributed by atoms with van der Waals surface area (Å²) in [5.74, 6) is -4.31. The van der Waals surface area contributed by atoms with Crippen LogP contribution in [0.25, 0.3) is 0 Å². The standard InChI is InChI=1S/C34H45NO12/c1-16(36)45-20-12-21(42-4)33-19-13-32(40)28(46-30(39)18-10-8-7-9-11-18)22(19)34(47-17(2)37,27(38)29(32)44-6)23-24(43-5)25(33)31(20,15-41-3)14-35-26(23)33/h7-11,19-29,35,38,40H,12-15H2,1-6H3/t19-,20?,21+,22-,23+,24+,25-,26-,27+,28-,29+,31+,32+,33+,34-/m1/s1. The quantitative estimate of drug-likeness (QED) is 0.248. The van der Waals surface area contributed by atoms with Gasteiger partial charge in [-0.1, -0.05) is 18.2 Å². The van der Waals surface area contributed by atoms with Crippen molar-refractivity contribution in [1.82, 2.24) is 5.32 Å². The lowest BCUT2D eigenvalue weighted by atomic mass is 9.43. The van der Waals surface area contributed by atoms with Crippen LogP contribution in [-0.4, -0.2) is 124 Å². The second-order valence-corrected chi connectivity index (χ2v) is 14.4. The average molecular weight is 660 g/mol. The lowest BCUT2D eigenvalue weighted by Crippen LogP contribution is -2.81. The minimum absolute atomic E-state index is 0.0436. The van der Waals surface area contributed by atoms with Crippen molar-refractivity contribution < 1.29 is 57.8 Å². The van der Waals surface area contributed by atoms with Crippen LogP contribution in [0.4, 0.5) is 0 Å². The number of methoxy groups -OCH3 is 4. The van der Waals surface area contributed by atoms with Gasteiger partial charge >= 0.3 is 17.9 Å². The van der Waals surface area contributed by atoms with Crippen molar-refractivity contribution >= 4 is 17.9 Å². The Hall–Kier alpha value is -2.65. The first-order valence-corrected chi connectivity index (χ1v) is 16.3. The number of hydrogen-bond donors (Lipinski definition) is 3. The van der Waals surface area contributed by atoms with Gasteiger partial charge in [-0.3, -0.25) is 9.59 Å². The smallest absolute Gasteiger partial charge is 0.338 e. The number of hydrogen-bond acceptors (Lipinski definition) is 13. The lowest BCUT2D eigenvalue weighted by molar-refractivity contribution is -0.311. The first kappa shape index (κ1) is 32.9. The first-order chi connectivity index (χ1) is 22.4. The van der Waals surface area contributed by atoms with Gasteiger partial charge in [0.2, 0.25) is 0 Å². The molecule has 1 aromatic carbocycles. The highest BCUT2D eigenvalue weighted by atomic mass is 16.6. The zero-order chi connectivity index (χ0) is 33.7. The maximum absolute atomic E-state index is 13.7. The Balaban J connectivity index is 1.49. The molecule has 0 aromatic heterocycles. The van der Waals surface area contributed by atoms with E-state index in [0.717, 1.165) is 0 Å². The number of piperidine rings is 1. The van der Waals surface area contributed by atoms with Crippen LogP contribution in [0.5, 0.6) is 0 Å². The topological polar surface area (TPSA) is 168 Å². The molecule has 1 saturated heterocycles. The summed E-state index contributed by atoms with van der Waals surface area (Å²) < 4.78 is 43.3. The number of aliphatic hydroxyl groups excluding tert-OH is 1. The van der Waals surface area contributed by atoms with E-state index in [4.69, 9.17) is 33.2 Å². The molecule has 1 heterocycles. The highest BCUT2D eigenvalue weighted by Crippen LogP contribution is 2.79. The summed E-state index contributed by atoms with van der Waals surface area (Å²) in [5, 5.41) is 28.9. The van der Waals surface area contributed by atoms with Crippen LogP contribution in [0.15, 0.2) is 30.3 Å². The Morgan fingerprint density at radius 1 is 0.915 bits per heavy atom. The van der Waals surface area contributed by atoms with Gasteiger partial charge in [-0.05, 0) is 24.5 Å². The molecule has 7 rings (SSSR count). The van der Waals surface area contributed by atoms with Crippen LogP contribution < -0.4 is 5.32 Å². The summed E-state index contributed by atoms with van der Waals surface area (Å²) in [6.07, 6.45) is -5.49. The summed E-state index contributed by atoms with van der Waals surface area (Å²) in [5.41, 5.74) is -4.94. The number of esters is 3. The number of carbonyl (C=O) groups excluding carboxylic acids is 3. The van der Waals surface area contributed by atoms with Crippen molar-refractivity contribution in [3.05, 3.63) is 35.9 Å². The predicted octanol–water partition coefficient (Wildman–Crippen LogP) is 0.487. The minimum Gasteiger partial charge on any atom is -0.462 e. The molecule has 6 fully saturated rings. The number of carbonyl (C=O) groups is 3. The molecule has 1 spiro atoms. The fraction of sp³-hybridized carbons (Fsp3) is 0.735. The molecule has 258 valence electrons. The lowest BCUT2D eigenvalue weighted by Gasteiger charge is -2.68. The van der Waals surface area contributed by atoms with Gasteiger partial charge in [0.05, 0.1) is 24.4 Å². The van der Waals surface area contributed by atoms with Gasteiger partial charge in [-0.15, -0.1) is 0 Å². The molecule has 1 aliphatic heterocycles. The number of aliphatic hydroxyl groups is 2. The van der Waals surface area contributed by atoms with Crippen molar-refractivity contribution in [1.29, 1.82) is 0 Å². The normalized spacial score (nSPS) is 48.5. The molecule has 6 aliphatic rings. The molecular weight excluding hydrogens is 614 g/mol. The number of rotatable bonds is 9. The molecule has 0 amide bonds. The molecule has 5 aliphatic carbocycles. The van der Waals surface area contributed by atoms with E-state index in [0.29, 0.717) is 13.0 Å². The van der Waals surface area contributed by atoms with Crippen LogP contribution in [0.2, 0.25) is 0 Å². The van der Waals surface area contributed by atoms with Crippen molar-refractivity contribution in [3.8, 4) is 0 Å². The third-order valence-corrected chi connectivity index (χ3v) is 12.8. The number of benzene rings is 1. The van der Waals surface area contributed by atoms with E-state index >= 15 is 0 Å². The fourth-order valence-corrected chi connectivity index (χ4v) is 12.0. The Labute approximate surface area is 273 Å². The van der Waals surface area contributed by atoms with E-state index in [2.05, 4.69) is 5.32 Å². The maximum atomic E-state index is 13.7. The Bertz CT molecular complexity index is 1430. The van der Waals surface area contributed by atoms with E-state index in [1.165, 1.54) is 21.0 Å². The van der Waals surface area contributed by atoms with Crippen molar-refractivity contribution in [2.75, 3.05) is 41.6 Å². The molecule has 47 heavy (non-hydrogen) atoms. The summed E-state index contributed by atoms with van der Waals surface area (Å²) in [6, 6.07) is 8.01. The van der Waals surface area contributed by atoms with Crippen LogP contribution in [0.1, 0.15) is 37.0 Å². The Morgan fingerprint density at radius 3 is 2.23 bits per heavy atom. The first-order valence-electron chi connectivity index (χ1n) is 16.3. The predicted molar refractivity (Wildman–Crippen MR) is 161 cm³/mol. The largest absolute Gasteiger partial charge is 0.462 e. The van der Waals surface area contributed by atoms with Gasteiger partial charge in [-0.2, -0.15) is 0 Å². The van der Waals surface area contributed by atoms with Crippen LogP contribution in [0, 0.1) is 34.5 Å². The van der Waals surface area contributed by atoms with Crippen LogP contribution in [0.3, 0.4) is 0 Å². The molecular formula is C34H45NO12. The van der Waals surface area contributed by atoms with E-state index in [1.54, 1.807) is 51.7 Å². The molecule has 5 saturated carbocycles. The van der Waals surface area contributed by atoms with Crippen molar-refractivity contribution in [3.63, 3.8) is 0 Å². The number of ether oxygens (including phenoxy) is 7. The van der Waals surface area contributed by atoms with E-state index < -0.39 is 106 Å². The second-order valence-electron chi connectivity index (χ2n) is 14.4. The highest BCUT2D eigenvalue weighted by Gasteiger charge is 2.91. The van der Waals surface area contributed by atoms with Gasteiger partial charge in [0.15, 0.2) is 5.60 Å². The monoisotopic (exact) mass is 659 g/mol. The van der Waals surface area contributed by atoms with Crippen molar-refractivity contribution in [2.45, 2.75) is 80.6 Å². The SMILES string of the molecule is COC[C@]12CN[C@@H]3[C@@H]4[C@H](OC)[C@H]1[C@@]3([C@@H](OC)CC2OC(C)=O)[C@@H]1C[C@]2(O)[C@H](OC(=O)c3ccccc3)[C@@H]1[C@]4(OC(C)=O)[C@@H](O)[C@@H]2OC. The van der Waals surface area contributed by atoms with E-state index in [-0.39, 0.29) is 18.6 Å². The van der Waals surface area contributed by atoms with Gasteiger partial charge < -0.3 is 48.7 Å². The summed E-state index contributed by atoms with van der Waals surface area (Å²) in [4.78, 5) is 39.5. The van der Waals surface area contributed by atoms with Crippen molar-refractivity contribution in [2.24, 2.45) is 34.5 Å². The molecule has 3 N–H and O–H groups in total. The molecule has 1 unspecified atom stereocenters. The zero-order valence-corrected chi connectivity index (χ0v) is 27.5. The minimum atomic E-state index is -1.86. The van der Waals surface area contributed by atoms with Gasteiger partial charge in [0.25, 0.3) is 0 Å². The van der Waals surface area contributed by atoms with E-state index in [1.807, 2.05) is 0 Å². The third-order valence-electron chi connectivity index (χ3n) is 12.8. The molecule has 15 atom stereocenters. The van der Waals surface area contributed by atoms with Gasteiger partial charge in [0, 0.05) is 89.9 Å². The summed E-state index contributed by atoms with van der Waals surface area (Å²) in [6.45, 7) is 3.24. The number of nitrogens with one attached hydrogen (secondary N) is 1. The second kappa shape index (κ2) is 11.2. The summed E-state index contributed by atoms with van der Waals surface area (Å²) >= 11 is 0. The molecule has 0 radical (unpaired) electrons. The number of fused-ring (bicyclic) bond motifs is 2. The molecule has 1 aromatic rings. The highest BCUT2D eigenvalue weighted by molar-refractivity contribution is 5.89. The average Bonchev–Trinajstić information content (AvgIpc) is 3.39. The Morgan fingerprint density at radius 2 is 1.64 bits per heavy atom. The van der Waals surface area contributed by atoms with Crippen LogP contribution in [-0.2, 0) is 42.7 Å². The van der Waals surface area contributed by atoms with Gasteiger partial charge in [0.1, 0.15) is 30.0 Å². The van der Waals surface area contributed by atoms with Gasteiger partial charge in [-0.25, -0.2) is 4.79 Å². The maximum Gasteiger partial charge on any atom is 0.338 e. The zero-order valence-electron chi connectivity index (χ0n) is 27.5.